The van der Waals surface area contributed by atoms with Crippen molar-refractivity contribution < 1.29 is 13.2 Å². The molecule has 0 saturated carbocycles. The molecule has 0 aliphatic rings. The molecule has 2 aromatic carbocycles. The molecule has 3 nitrogen and oxygen atoms in total. The van der Waals surface area contributed by atoms with E-state index >= 15 is 0 Å². The van der Waals surface area contributed by atoms with Gasteiger partial charge in [0.25, 0.3) is 0 Å². The van der Waals surface area contributed by atoms with Gasteiger partial charge in [0.2, 0.25) is 0 Å². The van der Waals surface area contributed by atoms with Crippen LogP contribution in [0.25, 0.3) is 28.0 Å². The van der Waals surface area contributed by atoms with Crippen LogP contribution in [-0.2, 0) is 6.18 Å². The van der Waals surface area contributed by atoms with Crippen LogP contribution >= 0.6 is 0 Å². The molecule has 130 valence electrons. The van der Waals surface area contributed by atoms with Crippen LogP contribution < -0.4 is 0 Å². The third-order valence-electron chi connectivity index (χ3n) is 4.20. The lowest BCUT2D eigenvalue weighted by atomic mass is 10.1. The van der Waals surface area contributed by atoms with Gasteiger partial charge in [-0.1, -0.05) is 48.5 Å². The van der Waals surface area contributed by atoms with E-state index in [9.17, 15) is 13.2 Å². The van der Waals surface area contributed by atoms with Crippen molar-refractivity contribution in [3.8, 4) is 17.1 Å². The average molecular weight is 353 g/mol. The molecule has 2 aromatic heterocycles. The number of rotatable bonds is 2. The smallest absolute Gasteiger partial charge is 0.229 e. The molecule has 0 unspecified atom stereocenters. The zero-order valence-corrected chi connectivity index (χ0v) is 13.8. The minimum atomic E-state index is -4.54. The Kier molecular flexibility index (Phi) is 3.76. The standard InChI is InChI=1S/C20H14F3N3/c1-13-11-19(24-16-10-6-5-9-15(13)16)26-18(20(21,22)23)12-17(25-26)14-7-3-2-4-8-14/h2-12H,1H3. The van der Waals surface area contributed by atoms with Crippen molar-refractivity contribution in [2.75, 3.05) is 0 Å². The molecule has 26 heavy (non-hydrogen) atoms. The van der Waals surface area contributed by atoms with E-state index in [2.05, 4.69) is 10.1 Å². The predicted molar refractivity (Wildman–Crippen MR) is 94.0 cm³/mol. The molecule has 2 heterocycles. The maximum absolute atomic E-state index is 13.6. The lowest BCUT2D eigenvalue weighted by Gasteiger charge is -2.11. The van der Waals surface area contributed by atoms with Gasteiger partial charge in [0.15, 0.2) is 11.5 Å². The first-order valence-electron chi connectivity index (χ1n) is 8.03. The Balaban J connectivity index is 1.95. The molecule has 0 radical (unpaired) electrons. The fourth-order valence-corrected chi connectivity index (χ4v) is 2.95. The number of hydrogen-bond acceptors (Lipinski definition) is 2. The second kappa shape index (κ2) is 5.98. The van der Waals surface area contributed by atoms with Gasteiger partial charge in [0.1, 0.15) is 0 Å². The molecule has 4 rings (SSSR count). The molecule has 0 aliphatic carbocycles. The molecule has 0 N–H and O–H groups in total. The van der Waals surface area contributed by atoms with Crippen molar-refractivity contribution in [2.24, 2.45) is 0 Å². The zero-order chi connectivity index (χ0) is 18.3. The fraction of sp³-hybridized carbons (Fsp3) is 0.100. The number of fused-ring (bicyclic) bond motifs is 1. The maximum Gasteiger partial charge on any atom is 0.433 e. The van der Waals surface area contributed by atoms with E-state index in [1.165, 1.54) is 0 Å². The van der Waals surface area contributed by atoms with Gasteiger partial charge in [0.05, 0.1) is 11.2 Å². The van der Waals surface area contributed by atoms with Gasteiger partial charge in [-0.2, -0.15) is 18.3 Å². The summed E-state index contributed by atoms with van der Waals surface area (Å²) in [5, 5.41) is 5.10. The highest BCUT2D eigenvalue weighted by atomic mass is 19.4. The first kappa shape index (κ1) is 16.3. The second-order valence-electron chi connectivity index (χ2n) is 6.00. The number of para-hydroxylation sites is 1. The van der Waals surface area contributed by atoms with Gasteiger partial charge < -0.3 is 0 Å². The molecule has 0 atom stereocenters. The molecule has 0 bridgehead atoms. The van der Waals surface area contributed by atoms with Crippen LogP contribution in [0.15, 0.2) is 66.7 Å². The SMILES string of the molecule is Cc1cc(-n2nc(-c3ccccc3)cc2C(F)(F)F)nc2ccccc12. The number of aryl methyl sites for hydroxylation is 1. The highest BCUT2D eigenvalue weighted by Gasteiger charge is 2.37. The summed E-state index contributed by atoms with van der Waals surface area (Å²) in [7, 11) is 0. The number of pyridine rings is 1. The minimum absolute atomic E-state index is 0.149. The Bertz CT molecular complexity index is 1080. The Morgan fingerprint density at radius 1 is 0.885 bits per heavy atom. The third-order valence-corrected chi connectivity index (χ3v) is 4.20. The number of nitrogens with zero attached hydrogens (tertiary/aromatic N) is 3. The van der Waals surface area contributed by atoms with Crippen molar-refractivity contribution in [2.45, 2.75) is 13.1 Å². The van der Waals surface area contributed by atoms with Crippen LogP contribution in [-0.4, -0.2) is 14.8 Å². The summed E-state index contributed by atoms with van der Waals surface area (Å²) in [6, 6.07) is 18.8. The highest BCUT2D eigenvalue weighted by Crippen LogP contribution is 2.34. The molecule has 0 amide bonds. The van der Waals surface area contributed by atoms with E-state index in [0.717, 1.165) is 21.7 Å². The van der Waals surface area contributed by atoms with Crippen molar-refractivity contribution in [1.29, 1.82) is 0 Å². The molecular weight excluding hydrogens is 339 g/mol. The van der Waals surface area contributed by atoms with Gasteiger partial charge in [-0.25, -0.2) is 9.67 Å². The topological polar surface area (TPSA) is 30.7 Å². The average Bonchev–Trinajstić information content (AvgIpc) is 3.08. The van der Waals surface area contributed by atoms with Crippen LogP contribution in [0.3, 0.4) is 0 Å². The lowest BCUT2D eigenvalue weighted by molar-refractivity contribution is -0.142. The predicted octanol–water partition coefficient (Wildman–Crippen LogP) is 5.41. The van der Waals surface area contributed by atoms with Crippen molar-refractivity contribution in [3.05, 3.63) is 78.0 Å². The summed E-state index contributed by atoms with van der Waals surface area (Å²) in [5.41, 5.74) is 1.50. The molecule has 0 saturated heterocycles. The van der Waals surface area contributed by atoms with Gasteiger partial charge in [-0.3, -0.25) is 0 Å². The molecular formula is C20H14F3N3. The molecule has 0 aliphatic heterocycles. The van der Waals surface area contributed by atoms with E-state index in [0.29, 0.717) is 11.1 Å². The van der Waals surface area contributed by atoms with Gasteiger partial charge in [-0.15, -0.1) is 0 Å². The summed E-state index contributed by atoms with van der Waals surface area (Å²) in [6.07, 6.45) is -4.54. The molecule has 0 spiro atoms. The van der Waals surface area contributed by atoms with Crippen LogP contribution in [0.4, 0.5) is 13.2 Å². The van der Waals surface area contributed by atoms with Gasteiger partial charge >= 0.3 is 6.18 Å². The van der Waals surface area contributed by atoms with E-state index in [1.807, 2.05) is 25.1 Å². The van der Waals surface area contributed by atoms with Crippen molar-refractivity contribution in [3.63, 3.8) is 0 Å². The summed E-state index contributed by atoms with van der Waals surface area (Å²) >= 11 is 0. The summed E-state index contributed by atoms with van der Waals surface area (Å²) in [6.45, 7) is 1.85. The molecule has 4 aromatic rings. The van der Waals surface area contributed by atoms with Crippen LogP contribution in [0.1, 0.15) is 11.3 Å². The minimum Gasteiger partial charge on any atom is -0.229 e. The van der Waals surface area contributed by atoms with E-state index in [-0.39, 0.29) is 11.5 Å². The lowest BCUT2D eigenvalue weighted by Crippen LogP contribution is -2.14. The number of benzene rings is 2. The van der Waals surface area contributed by atoms with Crippen LogP contribution in [0.2, 0.25) is 0 Å². The van der Waals surface area contributed by atoms with Crippen molar-refractivity contribution >= 4 is 10.9 Å². The Hall–Kier alpha value is -3.15. The van der Waals surface area contributed by atoms with E-state index in [1.54, 1.807) is 42.5 Å². The maximum atomic E-state index is 13.6. The van der Waals surface area contributed by atoms with Crippen LogP contribution in [0, 0.1) is 6.92 Å². The number of alkyl halides is 3. The number of hydrogen-bond donors (Lipinski definition) is 0. The number of aromatic nitrogens is 3. The Morgan fingerprint density at radius 3 is 2.31 bits per heavy atom. The van der Waals surface area contributed by atoms with E-state index < -0.39 is 11.9 Å². The normalized spacial score (nSPS) is 11.8. The second-order valence-corrected chi connectivity index (χ2v) is 6.00. The molecule has 0 fully saturated rings. The summed E-state index contributed by atoms with van der Waals surface area (Å²) in [4.78, 5) is 4.39. The van der Waals surface area contributed by atoms with E-state index in [4.69, 9.17) is 0 Å². The van der Waals surface area contributed by atoms with Crippen LogP contribution in [0.5, 0.6) is 0 Å². The molecule has 6 heteroatoms. The largest absolute Gasteiger partial charge is 0.433 e. The zero-order valence-electron chi connectivity index (χ0n) is 13.8. The quantitative estimate of drug-likeness (QED) is 0.482. The Labute approximate surface area is 147 Å². The van der Waals surface area contributed by atoms with Gasteiger partial charge in [0, 0.05) is 10.9 Å². The summed E-state index contributed by atoms with van der Waals surface area (Å²) in [5.74, 6) is 0.149. The summed E-state index contributed by atoms with van der Waals surface area (Å²) < 4.78 is 41.6. The number of halogens is 3. The highest BCUT2D eigenvalue weighted by molar-refractivity contribution is 5.82. The first-order valence-corrected chi connectivity index (χ1v) is 8.03. The Morgan fingerprint density at radius 2 is 1.58 bits per heavy atom. The third kappa shape index (κ3) is 2.83. The first-order chi connectivity index (χ1) is 12.4. The monoisotopic (exact) mass is 353 g/mol. The van der Waals surface area contributed by atoms with Crippen molar-refractivity contribution in [1.82, 2.24) is 14.8 Å². The fourth-order valence-electron chi connectivity index (χ4n) is 2.95. The van der Waals surface area contributed by atoms with Gasteiger partial charge in [-0.05, 0) is 30.7 Å².